The van der Waals surface area contributed by atoms with Crippen molar-refractivity contribution in [3.8, 4) is 61.3 Å². The second-order valence-corrected chi connectivity index (χ2v) is 33.7. The summed E-state index contributed by atoms with van der Waals surface area (Å²) in [5.41, 5.74) is 24.5. The van der Waals surface area contributed by atoms with Crippen molar-refractivity contribution >= 4 is 101 Å². The van der Waals surface area contributed by atoms with Gasteiger partial charge in [-0.3, -0.25) is 0 Å². The highest BCUT2D eigenvalue weighted by Gasteiger charge is 2.46. The smallest absolute Gasteiger partial charge is 0.252 e. The molecule has 0 fully saturated rings. The predicted molar refractivity (Wildman–Crippen MR) is 443 cm³/mol. The topological polar surface area (TPSA) is 24.6 Å². The molecule has 5 heteroatoms. The minimum atomic E-state index is -0.516. The molecule has 13 aromatic carbocycles. The number of hydrogen-bond acceptors (Lipinski definition) is 3. The Morgan fingerprint density at radius 2 is 0.709 bits per heavy atom. The minimum absolute atomic E-state index is 0.0113. The molecule has 15 aromatic rings. The molecule has 2 aliphatic rings. The van der Waals surface area contributed by atoms with Crippen LogP contribution in [0.5, 0.6) is 0 Å². The average Bonchev–Trinajstić information content (AvgIpc) is 1.64. The molecule has 0 aliphatic carbocycles. The quantitative estimate of drug-likeness (QED) is 0.142. The average molecular weight is 1340 g/mol. The highest BCUT2D eigenvalue weighted by atomic mass is 16.3. The molecule has 506 valence electrons. The van der Waals surface area contributed by atoms with E-state index in [-0.39, 0.29) is 61.0 Å². The van der Waals surface area contributed by atoms with Gasteiger partial charge in [0.05, 0.1) is 44.4 Å². The molecule has 0 radical (unpaired) electrons. The first-order valence-corrected chi connectivity index (χ1v) is 36.3. The summed E-state index contributed by atoms with van der Waals surface area (Å²) in [5, 5.41) is 1.74. The van der Waals surface area contributed by atoms with E-state index in [4.69, 9.17) is 4.42 Å². The number of fused-ring (bicyclic) bond motifs is 10. The number of aromatic nitrogens is 1. The Hall–Kier alpha value is -10.9. The first-order valence-electron chi connectivity index (χ1n) is 40.3. The van der Waals surface area contributed by atoms with Gasteiger partial charge >= 0.3 is 0 Å². The van der Waals surface area contributed by atoms with Gasteiger partial charge in [-0.1, -0.05) is 310 Å². The van der Waals surface area contributed by atoms with Gasteiger partial charge < -0.3 is 18.8 Å². The molecule has 0 amide bonds. The van der Waals surface area contributed by atoms with Gasteiger partial charge in [0.15, 0.2) is 0 Å². The van der Waals surface area contributed by atoms with Crippen molar-refractivity contribution in [2.24, 2.45) is 0 Å². The number of hydrogen-bond donors (Lipinski definition) is 0. The van der Waals surface area contributed by atoms with Crippen LogP contribution in [-0.4, -0.2) is 11.3 Å². The van der Waals surface area contributed by atoms with E-state index in [9.17, 15) is 11.0 Å². The number of rotatable bonds is 8. The van der Waals surface area contributed by atoms with Gasteiger partial charge in [0, 0.05) is 50.0 Å². The summed E-state index contributed by atoms with van der Waals surface area (Å²) in [6.07, 6.45) is 0. The van der Waals surface area contributed by atoms with Crippen LogP contribution in [0.3, 0.4) is 0 Å². The number of para-hydroxylation sites is 3. The van der Waals surface area contributed by atoms with Gasteiger partial charge in [-0.05, 0) is 182 Å². The number of furan rings is 1. The van der Waals surface area contributed by atoms with Crippen LogP contribution in [0.4, 0.5) is 34.1 Å². The maximum absolute atomic E-state index is 10.2. The summed E-state index contributed by atoms with van der Waals surface area (Å²) >= 11 is 0. The van der Waals surface area contributed by atoms with Crippen molar-refractivity contribution in [1.29, 1.82) is 0 Å². The van der Waals surface area contributed by atoms with E-state index in [1.54, 1.807) is 4.57 Å². The lowest BCUT2D eigenvalue weighted by Gasteiger charge is -2.45. The van der Waals surface area contributed by atoms with Crippen LogP contribution >= 0.6 is 0 Å². The predicted octanol–water partition coefficient (Wildman–Crippen LogP) is 25.6. The van der Waals surface area contributed by atoms with Gasteiger partial charge in [0.2, 0.25) is 0 Å². The van der Waals surface area contributed by atoms with Crippen molar-refractivity contribution in [1.82, 2.24) is 4.57 Å². The molecule has 0 saturated heterocycles. The van der Waals surface area contributed by atoms with Gasteiger partial charge in [0.1, 0.15) is 11.2 Å². The van der Waals surface area contributed by atoms with Crippen LogP contribution in [0.1, 0.15) is 143 Å². The monoisotopic (exact) mass is 1340 g/mol. The van der Waals surface area contributed by atoms with Crippen molar-refractivity contribution in [2.45, 2.75) is 131 Å². The second-order valence-electron chi connectivity index (χ2n) is 33.7. The van der Waals surface area contributed by atoms with Crippen LogP contribution < -0.4 is 26.2 Å². The Kier molecular flexibility index (Phi) is 13.1. The van der Waals surface area contributed by atoms with E-state index in [0.29, 0.717) is 16.9 Å². The molecule has 4 heterocycles. The SMILES string of the molecule is [2H]c1c([2H])c([2H])c2c(c1[2H])c1c([2H])c([2H])c([2H])c([2H])c1n2-c1cc2c3c(c1)N(c1cc(-c4ccccc4)cc4oc5ccccc5c14)c1cc(-c4cc(C(C)(C)C)cc(C(C)(C)C)c4)ccc1B3c1ccc(-c3cc(C(C)(C)C)cc(C(C)(C)C)c3)cc1N2c1c(-c2ccccc2)cc(C(C)(C)C)cc1-c1ccccc1. The van der Waals surface area contributed by atoms with E-state index < -0.39 is 43.0 Å². The minimum Gasteiger partial charge on any atom is -0.456 e. The Morgan fingerprint density at radius 3 is 1.18 bits per heavy atom. The lowest BCUT2D eigenvalue weighted by molar-refractivity contribution is 0.568. The lowest BCUT2D eigenvalue weighted by atomic mass is 9.33. The summed E-state index contributed by atoms with van der Waals surface area (Å²) in [6, 6.07) is 78.0. The molecule has 4 nitrogen and oxygen atoms in total. The Balaban J connectivity index is 1.13. The number of benzene rings is 13. The third-order valence-corrected chi connectivity index (χ3v) is 21.5. The molecule has 0 atom stereocenters. The molecule has 103 heavy (non-hydrogen) atoms. The third-order valence-electron chi connectivity index (χ3n) is 21.5. The Labute approximate surface area is 620 Å². The highest BCUT2D eigenvalue weighted by Crippen LogP contribution is 2.55. The molecule has 0 spiro atoms. The molecule has 2 aromatic heterocycles. The van der Waals surface area contributed by atoms with Crippen molar-refractivity contribution in [3.05, 3.63) is 301 Å². The Bertz CT molecular complexity index is 6200. The Morgan fingerprint density at radius 1 is 0.311 bits per heavy atom. The van der Waals surface area contributed by atoms with E-state index in [2.05, 4.69) is 320 Å². The first-order chi connectivity index (χ1) is 52.5. The molecule has 0 unspecified atom stereocenters. The van der Waals surface area contributed by atoms with Crippen LogP contribution in [0.25, 0.3) is 105 Å². The number of anilines is 6. The second kappa shape index (κ2) is 23.9. The first kappa shape index (κ1) is 56.7. The van der Waals surface area contributed by atoms with E-state index in [1.165, 1.54) is 22.3 Å². The summed E-state index contributed by atoms with van der Waals surface area (Å²) in [5.74, 6) is 0. The lowest BCUT2D eigenvalue weighted by Crippen LogP contribution is -2.61. The molecular weight excluding hydrogens is 1250 g/mol. The molecule has 0 saturated carbocycles. The highest BCUT2D eigenvalue weighted by molar-refractivity contribution is 7.00. The summed E-state index contributed by atoms with van der Waals surface area (Å²) in [6.45, 7) is 33.6. The standard InChI is InChI=1S/C98H90BN3O/c1-94(2,3)69-47-66(48-70(55-69)95(4,5)6)64-43-45-80-84(51-64)101(86-53-68(61-31-19-16-20-32-61)54-90-91(86)77-39-27-30-42-89(77)103-90)87-59-74(100-82-40-28-25-37-75(82)76-38-26-29-41-83(76)100)60-88-92(87)99(80)81-46-44-65(67-49-71(96(7,8)9)56-72(50-67)97(10,11)12)52-85(81)102(88)93-78(62-33-21-17-22-34-62)57-73(98(13,14)15)58-79(93)63-35-23-18-24-36-63/h16-60H,1-15H3/i25D,26D,28D,29D,37D,38D,40D,41D. The van der Waals surface area contributed by atoms with Gasteiger partial charge in [0.25, 0.3) is 6.71 Å². The molecule has 2 aliphatic heterocycles. The largest absolute Gasteiger partial charge is 0.456 e. The van der Waals surface area contributed by atoms with Crippen molar-refractivity contribution < 1.29 is 15.4 Å². The van der Waals surface area contributed by atoms with E-state index in [1.807, 2.05) is 18.2 Å². The molecule has 0 N–H and O–H groups in total. The van der Waals surface area contributed by atoms with Crippen molar-refractivity contribution in [3.63, 3.8) is 0 Å². The maximum atomic E-state index is 10.2. The zero-order valence-electron chi connectivity index (χ0n) is 69.7. The fraction of sp³-hybridized carbons (Fsp3) is 0.204. The van der Waals surface area contributed by atoms with Crippen LogP contribution in [-0.2, 0) is 27.1 Å². The van der Waals surface area contributed by atoms with Crippen molar-refractivity contribution in [2.75, 3.05) is 9.80 Å². The van der Waals surface area contributed by atoms with E-state index in [0.717, 1.165) is 122 Å². The fourth-order valence-corrected chi connectivity index (χ4v) is 15.8. The summed E-state index contributed by atoms with van der Waals surface area (Å²) < 4.78 is 86.8. The van der Waals surface area contributed by atoms with Gasteiger partial charge in [-0.2, -0.15) is 0 Å². The summed E-state index contributed by atoms with van der Waals surface area (Å²) in [4.78, 5) is 4.88. The summed E-state index contributed by atoms with van der Waals surface area (Å²) in [7, 11) is 0. The fourth-order valence-electron chi connectivity index (χ4n) is 15.8. The molecular formula is C98H90BN3O. The molecule has 17 rings (SSSR count). The van der Waals surface area contributed by atoms with E-state index >= 15 is 0 Å². The van der Waals surface area contributed by atoms with Crippen LogP contribution in [0.15, 0.2) is 277 Å². The maximum Gasteiger partial charge on any atom is 0.252 e. The van der Waals surface area contributed by atoms with Crippen LogP contribution in [0, 0.1) is 0 Å². The van der Waals surface area contributed by atoms with Gasteiger partial charge in [-0.15, -0.1) is 0 Å². The normalized spacial score (nSPS) is 14.4. The number of nitrogens with zero attached hydrogens (tertiary/aromatic N) is 3. The van der Waals surface area contributed by atoms with Crippen LogP contribution in [0.2, 0.25) is 0 Å². The zero-order valence-corrected chi connectivity index (χ0v) is 61.7. The zero-order chi connectivity index (χ0) is 78.4. The van der Waals surface area contributed by atoms with Gasteiger partial charge in [-0.25, -0.2) is 0 Å². The molecule has 0 bridgehead atoms. The third kappa shape index (κ3) is 11.2.